The summed E-state index contributed by atoms with van der Waals surface area (Å²) in [6, 6.07) is 15.5. The average molecular weight is 809 g/mol. The van der Waals surface area contributed by atoms with Crippen LogP contribution in [-0.2, 0) is 27.1 Å². The summed E-state index contributed by atoms with van der Waals surface area (Å²) < 4.78 is 10.7. The van der Waals surface area contributed by atoms with Crippen LogP contribution in [-0.4, -0.2) is 121 Å². The molecular formula is C37H56Cl2Mg2N2O6S2. The Morgan fingerprint density at radius 1 is 0.725 bits per heavy atom. The number of hydrogen-bond acceptors (Lipinski definition) is 6. The Bertz CT molecular complexity index is 1310. The van der Waals surface area contributed by atoms with Crippen molar-refractivity contribution in [3.63, 3.8) is 0 Å². The summed E-state index contributed by atoms with van der Waals surface area (Å²) in [5.74, 6) is 0.0401. The number of ketones is 1. The molecule has 2 aromatic carbocycles. The third kappa shape index (κ3) is 17.4. The minimum absolute atomic E-state index is 0. The van der Waals surface area contributed by atoms with Gasteiger partial charge in [-0.1, -0.05) is 24.3 Å². The van der Waals surface area contributed by atoms with Crippen molar-refractivity contribution in [3.8, 4) is 0 Å². The van der Waals surface area contributed by atoms with E-state index in [-0.39, 0.29) is 128 Å². The summed E-state index contributed by atoms with van der Waals surface area (Å²) in [6.45, 7) is 21.4. The van der Waals surface area contributed by atoms with Gasteiger partial charge in [0.15, 0.2) is 5.78 Å². The van der Waals surface area contributed by atoms with Crippen LogP contribution in [0.5, 0.6) is 0 Å². The Labute approximate surface area is 365 Å². The smallest absolute Gasteiger partial charge is 1.00 e. The van der Waals surface area contributed by atoms with Crippen LogP contribution in [0.1, 0.15) is 96.4 Å². The average Bonchev–Trinajstić information content (AvgIpc) is 3.67. The van der Waals surface area contributed by atoms with Crippen LogP contribution < -0.4 is 24.8 Å². The van der Waals surface area contributed by atoms with Crippen molar-refractivity contribution in [2.24, 2.45) is 0 Å². The van der Waals surface area contributed by atoms with Crippen molar-refractivity contribution in [2.75, 3.05) is 13.1 Å². The summed E-state index contributed by atoms with van der Waals surface area (Å²) in [5.41, 5.74) is 2.53. The van der Waals surface area contributed by atoms with E-state index in [4.69, 9.17) is 9.47 Å². The van der Waals surface area contributed by atoms with Gasteiger partial charge in [0.05, 0.1) is 17.7 Å². The fourth-order valence-corrected chi connectivity index (χ4v) is 6.01. The van der Waals surface area contributed by atoms with Gasteiger partial charge in [-0.25, -0.2) is 21.7 Å². The summed E-state index contributed by atoms with van der Waals surface area (Å²) in [5, 5.41) is 11.2. The molecule has 2 amide bonds. The van der Waals surface area contributed by atoms with Crippen LogP contribution in [0.2, 0.25) is 0 Å². The first kappa shape index (κ1) is 56.9. The zero-order valence-corrected chi connectivity index (χ0v) is 37.7. The molecule has 2 atom stereocenters. The van der Waals surface area contributed by atoms with Crippen LogP contribution in [0.3, 0.4) is 0 Å². The largest absolute Gasteiger partial charge is 2.00 e. The van der Waals surface area contributed by atoms with Crippen LogP contribution in [0, 0.1) is 13.8 Å². The molecule has 0 bridgehead atoms. The van der Waals surface area contributed by atoms with Crippen LogP contribution in [0.25, 0.3) is 0 Å². The first-order valence-electron chi connectivity index (χ1n) is 15.9. The predicted octanol–water partition coefficient (Wildman–Crippen LogP) is 0.414. The third-order valence-corrected chi connectivity index (χ3v) is 8.08. The van der Waals surface area contributed by atoms with Gasteiger partial charge in [-0.3, -0.25) is 34.7 Å². The molecule has 1 aliphatic carbocycles. The van der Waals surface area contributed by atoms with Gasteiger partial charge in [-0.15, -0.1) is 12.1 Å². The molecule has 51 heavy (non-hydrogen) atoms. The number of carbonyl (C=O) groups is 3. The molecule has 0 radical (unpaired) electrons. The number of halogens is 2. The number of fused-ring (bicyclic) bond motifs is 1. The van der Waals surface area contributed by atoms with E-state index in [1.54, 1.807) is 4.90 Å². The van der Waals surface area contributed by atoms with Gasteiger partial charge in [0.2, 0.25) is 0 Å². The number of likely N-dealkylation sites (tertiary alicyclic amines) is 2. The summed E-state index contributed by atoms with van der Waals surface area (Å²) in [7, 11) is 0. The van der Waals surface area contributed by atoms with E-state index >= 15 is 0 Å². The zero-order chi connectivity index (χ0) is 33.6. The molecule has 0 spiro atoms. The molecule has 2 fully saturated rings. The molecule has 8 nitrogen and oxygen atoms in total. The Morgan fingerprint density at radius 2 is 1.10 bits per heavy atom. The predicted molar refractivity (Wildman–Crippen MR) is 209 cm³/mol. The SMILES string of the molecule is CC(=O)[C@@H]1CCCN1C(=O)OC(C)(C)C.CC(C)(C)OC(=O)N1CCC[C@H]1C1(O)Cc2ccccc2C1.S.S.[CH2-]c1ccccc1[CH2-].[Cl-].[Cl-].[Mg+2].[Mg+2]. The third-order valence-electron chi connectivity index (χ3n) is 8.08. The molecule has 280 valence electrons. The van der Waals surface area contributed by atoms with Crippen molar-refractivity contribution in [3.05, 3.63) is 84.6 Å². The maximum absolute atomic E-state index is 12.4. The van der Waals surface area contributed by atoms with E-state index in [0.29, 0.717) is 25.9 Å². The zero-order valence-electron chi connectivity index (χ0n) is 31.4. The maximum Gasteiger partial charge on any atom is 2.00 e. The van der Waals surface area contributed by atoms with Crippen molar-refractivity contribution in [1.29, 1.82) is 0 Å². The second kappa shape index (κ2) is 24.5. The molecule has 2 heterocycles. The van der Waals surface area contributed by atoms with E-state index in [0.717, 1.165) is 36.8 Å². The van der Waals surface area contributed by atoms with Crippen molar-refractivity contribution < 1.29 is 53.8 Å². The van der Waals surface area contributed by atoms with Gasteiger partial charge in [0.1, 0.15) is 11.2 Å². The topological polar surface area (TPSA) is 96.4 Å². The van der Waals surface area contributed by atoms with E-state index in [2.05, 4.69) is 26.0 Å². The molecule has 14 heteroatoms. The van der Waals surface area contributed by atoms with Crippen LogP contribution in [0.15, 0.2) is 48.5 Å². The van der Waals surface area contributed by atoms with Crippen LogP contribution >= 0.6 is 27.0 Å². The quantitative estimate of drug-likeness (QED) is 0.350. The molecule has 1 N–H and O–H groups in total. The molecule has 3 aliphatic rings. The van der Waals surface area contributed by atoms with Crippen molar-refractivity contribution in [2.45, 2.75) is 116 Å². The molecular weight excluding hydrogens is 752 g/mol. The number of aliphatic hydroxyl groups is 1. The maximum atomic E-state index is 12.4. The van der Waals surface area contributed by atoms with Gasteiger partial charge < -0.3 is 44.3 Å². The van der Waals surface area contributed by atoms with Gasteiger partial charge in [-0.2, -0.15) is 27.0 Å². The molecule has 2 saturated heterocycles. The van der Waals surface area contributed by atoms with Gasteiger partial charge in [0, 0.05) is 25.9 Å². The summed E-state index contributed by atoms with van der Waals surface area (Å²) >= 11 is 0. The Hall–Kier alpha value is -0.838. The van der Waals surface area contributed by atoms with E-state index in [1.165, 1.54) is 23.0 Å². The number of benzene rings is 2. The number of carbonyl (C=O) groups excluding carboxylic acids is 3. The van der Waals surface area contributed by atoms with Gasteiger partial charge in [0.25, 0.3) is 0 Å². The summed E-state index contributed by atoms with van der Waals surface area (Å²) in [4.78, 5) is 38.7. The minimum atomic E-state index is -0.864. The van der Waals surface area contributed by atoms with E-state index < -0.39 is 16.8 Å². The first-order valence-corrected chi connectivity index (χ1v) is 15.9. The molecule has 0 saturated carbocycles. The Kier molecular flexibility index (Phi) is 27.4. The Morgan fingerprint density at radius 3 is 1.49 bits per heavy atom. The molecule has 5 rings (SSSR count). The van der Waals surface area contributed by atoms with Crippen molar-refractivity contribution in [1.82, 2.24) is 9.80 Å². The number of amides is 2. The monoisotopic (exact) mass is 806 g/mol. The number of nitrogens with zero attached hydrogens (tertiary/aromatic N) is 2. The van der Waals surface area contributed by atoms with Crippen molar-refractivity contribution >= 4 is 91.1 Å². The Balaban J connectivity index is -0.000000336. The second-order valence-corrected chi connectivity index (χ2v) is 14.3. The fraction of sp³-hybridized carbons (Fsp3) is 0.541. The normalized spacial score (nSPS) is 17.9. The fourth-order valence-electron chi connectivity index (χ4n) is 6.01. The number of rotatable bonds is 2. The second-order valence-electron chi connectivity index (χ2n) is 14.3. The molecule has 2 aliphatic heterocycles. The van der Waals surface area contributed by atoms with Gasteiger partial charge in [-0.05, 0) is 85.3 Å². The standard InChI is InChI=1S/C18H25NO3.C11H19NO3.C8H8.2ClH.2Mg.2H2S/c1-17(2,3)22-16(20)19-10-6-9-15(19)18(21)11-13-7-4-5-8-14(13)12-18;1-8(13)9-6-5-7-12(9)10(14)15-11(2,3)4;1-7-5-3-4-6-8(7)2;;;;;;/h4-5,7-8,15,21H,6,9-12H2,1-3H3;9H,5-7H2,1-4H3;3-6H,1-2H2;2*1H;;;2*1H2/q;;-2;;;2*+2;;/p-2/t15-;9-;;;;;;;/m00......./s1. The molecule has 0 unspecified atom stereocenters. The molecule has 2 aromatic rings. The minimum Gasteiger partial charge on any atom is -1.00 e. The number of ether oxygens (including phenoxy) is 2. The first-order chi connectivity index (χ1) is 20.9. The number of hydrogen-bond donors (Lipinski definition) is 1. The number of Topliss-reactive ketones (excluding diaryl/α,β-unsaturated/α-hetero) is 1. The van der Waals surface area contributed by atoms with Crippen LogP contribution in [0.4, 0.5) is 9.59 Å². The molecule has 0 aromatic heterocycles. The van der Waals surface area contributed by atoms with E-state index in [1.807, 2.05) is 77.9 Å². The van der Waals surface area contributed by atoms with E-state index in [9.17, 15) is 19.5 Å². The van der Waals surface area contributed by atoms with Gasteiger partial charge >= 0.3 is 58.3 Å². The summed E-state index contributed by atoms with van der Waals surface area (Å²) in [6.07, 6.45) is 3.95.